The largest absolute Gasteiger partial charge is 0.416 e. The van der Waals surface area contributed by atoms with E-state index in [2.05, 4.69) is 5.32 Å². The third-order valence-corrected chi connectivity index (χ3v) is 2.62. The Labute approximate surface area is 95.6 Å². The maximum Gasteiger partial charge on any atom is 0.416 e. The van der Waals surface area contributed by atoms with E-state index >= 15 is 0 Å². The second kappa shape index (κ2) is 4.62. The van der Waals surface area contributed by atoms with Crippen molar-refractivity contribution < 1.29 is 22.3 Å². The van der Waals surface area contributed by atoms with E-state index in [1.807, 2.05) is 0 Å². The van der Waals surface area contributed by atoms with Gasteiger partial charge in [0.2, 0.25) is 0 Å². The highest BCUT2D eigenvalue weighted by molar-refractivity contribution is 5.28. The van der Waals surface area contributed by atoms with E-state index in [4.69, 9.17) is 4.74 Å². The van der Waals surface area contributed by atoms with Gasteiger partial charge in [-0.05, 0) is 12.1 Å². The number of nitrogens with one attached hydrogen (secondary N) is 1. The molecule has 94 valence electrons. The minimum Gasteiger partial charge on any atom is -0.378 e. The van der Waals surface area contributed by atoms with Crippen LogP contribution >= 0.6 is 0 Å². The summed E-state index contributed by atoms with van der Waals surface area (Å²) >= 11 is 0. The molecule has 0 spiro atoms. The number of rotatable bonds is 1. The number of hydrogen-bond donors (Lipinski definition) is 1. The fraction of sp³-hybridized carbons (Fsp3) is 0.455. The van der Waals surface area contributed by atoms with E-state index in [1.165, 1.54) is 0 Å². The van der Waals surface area contributed by atoms with Gasteiger partial charge >= 0.3 is 6.18 Å². The average Bonchev–Trinajstić information content (AvgIpc) is 2.29. The minimum absolute atomic E-state index is 0.206. The fourth-order valence-electron chi connectivity index (χ4n) is 1.75. The average molecular weight is 249 g/mol. The third kappa shape index (κ3) is 2.76. The number of morpholine rings is 1. The summed E-state index contributed by atoms with van der Waals surface area (Å²) in [5.41, 5.74) is -0.770. The molecule has 2 rings (SSSR count). The van der Waals surface area contributed by atoms with Crippen LogP contribution in [0.3, 0.4) is 0 Å². The predicted octanol–water partition coefficient (Wildman–Crippen LogP) is 2.51. The first kappa shape index (κ1) is 12.3. The molecule has 6 heteroatoms. The molecule has 17 heavy (non-hydrogen) atoms. The molecule has 0 amide bonds. The Morgan fingerprint density at radius 3 is 2.59 bits per heavy atom. The van der Waals surface area contributed by atoms with E-state index in [-0.39, 0.29) is 18.2 Å². The highest BCUT2D eigenvalue weighted by Crippen LogP contribution is 2.31. The second-order valence-electron chi connectivity index (χ2n) is 3.82. The van der Waals surface area contributed by atoms with Crippen LogP contribution in [0.25, 0.3) is 0 Å². The first-order chi connectivity index (χ1) is 7.98. The summed E-state index contributed by atoms with van der Waals surface area (Å²) in [6.07, 6.45) is -4.52. The Kier molecular flexibility index (Phi) is 3.35. The fourth-order valence-corrected chi connectivity index (χ4v) is 1.75. The van der Waals surface area contributed by atoms with E-state index < -0.39 is 17.6 Å². The monoisotopic (exact) mass is 249 g/mol. The Morgan fingerprint density at radius 2 is 2.06 bits per heavy atom. The zero-order valence-corrected chi connectivity index (χ0v) is 8.85. The van der Waals surface area contributed by atoms with Crippen molar-refractivity contribution in [1.29, 1.82) is 0 Å². The molecule has 1 aliphatic rings. The molecule has 1 heterocycles. The molecule has 0 bridgehead atoms. The molecule has 1 aromatic carbocycles. The maximum atomic E-state index is 13.6. The van der Waals surface area contributed by atoms with Gasteiger partial charge in [0.1, 0.15) is 5.82 Å². The number of ether oxygens (including phenoxy) is 1. The van der Waals surface area contributed by atoms with E-state index in [0.717, 1.165) is 12.1 Å². The van der Waals surface area contributed by atoms with Crippen LogP contribution in [-0.4, -0.2) is 19.8 Å². The molecule has 1 fully saturated rings. The summed E-state index contributed by atoms with van der Waals surface area (Å²) in [5, 5.41) is 2.99. The van der Waals surface area contributed by atoms with Crippen LogP contribution in [0.5, 0.6) is 0 Å². The van der Waals surface area contributed by atoms with Crippen molar-refractivity contribution >= 4 is 0 Å². The van der Waals surface area contributed by atoms with Crippen LogP contribution in [-0.2, 0) is 10.9 Å². The van der Waals surface area contributed by atoms with Crippen molar-refractivity contribution in [2.75, 3.05) is 19.8 Å². The maximum absolute atomic E-state index is 13.6. The van der Waals surface area contributed by atoms with E-state index in [1.54, 1.807) is 0 Å². The van der Waals surface area contributed by atoms with Gasteiger partial charge in [-0.15, -0.1) is 0 Å². The lowest BCUT2D eigenvalue weighted by molar-refractivity contribution is -0.137. The molecule has 0 aromatic heterocycles. The predicted molar refractivity (Wildman–Crippen MR) is 53.0 cm³/mol. The normalized spacial score (nSPS) is 21.5. The summed E-state index contributed by atoms with van der Waals surface area (Å²) in [6.45, 7) is 1.35. The zero-order chi connectivity index (χ0) is 12.5. The molecule has 0 aliphatic carbocycles. The summed E-state index contributed by atoms with van der Waals surface area (Å²) < 4.78 is 55.7. The molecule has 1 N–H and O–H groups in total. The van der Waals surface area contributed by atoms with E-state index in [0.29, 0.717) is 19.2 Å². The number of halogens is 4. The number of alkyl halides is 3. The molecular formula is C11H11F4NO. The van der Waals surface area contributed by atoms with Crippen molar-refractivity contribution in [2.45, 2.75) is 12.2 Å². The molecular weight excluding hydrogens is 238 g/mol. The Hall–Kier alpha value is -1.14. The smallest absolute Gasteiger partial charge is 0.378 e. The lowest BCUT2D eigenvalue weighted by atomic mass is 10.0. The highest BCUT2D eigenvalue weighted by Gasteiger charge is 2.32. The lowest BCUT2D eigenvalue weighted by Gasteiger charge is -2.24. The topological polar surface area (TPSA) is 21.3 Å². The van der Waals surface area contributed by atoms with Crippen molar-refractivity contribution in [3.8, 4) is 0 Å². The number of hydrogen-bond acceptors (Lipinski definition) is 2. The van der Waals surface area contributed by atoms with Crippen molar-refractivity contribution in [3.63, 3.8) is 0 Å². The van der Waals surface area contributed by atoms with Crippen LogP contribution in [0.4, 0.5) is 17.6 Å². The molecule has 0 radical (unpaired) electrons. The highest BCUT2D eigenvalue weighted by atomic mass is 19.4. The third-order valence-electron chi connectivity index (χ3n) is 2.62. The lowest BCUT2D eigenvalue weighted by Crippen LogP contribution is -2.35. The molecule has 1 unspecified atom stereocenters. The van der Waals surface area contributed by atoms with Crippen molar-refractivity contribution in [3.05, 3.63) is 35.1 Å². The van der Waals surface area contributed by atoms with Crippen LogP contribution in [0.1, 0.15) is 17.2 Å². The standard InChI is InChI=1S/C11H11F4NO/c12-9-5-7(11(13,14)15)1-2-8(9)10-6-17-4-3-16-10/h1-2,5,10,16H,3-4,6H2. The van der Waals surface area contributed by atoms with Gasteiger partial charge < -0.3 is 10.1 Å². The zero-order valence-electron chi connectivity index (χ0n) is 8.85. The van der Waals surface area contributed by atoms with Gasteiger partial charge in [-0.3, -0.25) is 0 Å². The van der Waals surface area contributed by atoms with E-state index in [9.17, 15) is 17.6 Å². The summed E-state index contributed by atoms with van der Waals surface area (Å²) in [4.78, 5) is 0. The molecule has 1 atom stereocenters. The summed E-state index contributed by atoms with van der Waals surface area (Å²) in [7, 11) is 0. The molecule has 1 saturated heterocycles. The molecule has 0 saturated carbocycles. The van der Waals surface area contributed by atoms with Crippen LogP contribution in [0, 0.1) is 5.82 Å². The second-order valence-corrected chi connectivity index (χ2v) is 3.82. The van der Waals surface area contributed by atoms with Gasteiger partial charge in [0.05, 0.1) is 24.8 Å². The number of benzene rings is 1. The minimum atomic E-state index is -4.52. The SMILES string of the molecule is Fc1cc(C(F)(F)F)ccc1C1COCCN1. The Morgan fingerprint density at radius 1 is 1.29 bits per heavy atom. The summed E-state index contributed by atoms with van der Waals surface area (Å²) in [5.74, 6) is -0.858. The molecule has 1 aliphatic heterocycles. The first-order valence-electron chi connectivity index (χ1n) is 5.16. The van der Waals surface area contributed by atoms with Crippen LogP contribution < -0.4 is 5.32 Å². The quantitative estimate of drug-likeness (QED) is 0.772. The van der Waals surface area contributed by atoms with Crippen molar-refractivity contribution in [2.24, 2.45) is 0 Å². The van der Waals surface area contributed by atoms with Gasteiger partial charge in [0, 0.05) is 12.1 Å². The van der Waals surface area contributed by atoms with Gasteiger partial charge in [0.25, 0.3) is 0 Å². The van der Waals surface area contributed by atoms with Gasteiger partial charge in [-0.25, -0.2) is 4.39 Å². The van der Waals surface area contributed by atoms with Gasteiger partial charge in [0.15, 0.2) is 0 Å². The van der Waals surface area contributed by atoms with Gasteiger partial charge in [-0.1, -0.05) is 6.07 Å². The van der Waals surface area contributed by atoms with Crippen molar-refractivity contribution in [1.82, 2.24) is 5.32 Å². The van der Waals surface area contributed by atoms with Crippen LogP contribution in [0.15, 0.2) is 18.2 Å². The Balaban J connectivity index is 2.25. The summed E-state index contributed by atoms with van der Waals surface area (Å²) in [6, 6.07) is 2.18. The van der Waals surface area contributed by atoms with Crippen LogP contribution in [0.2, 0.25) is 0 Å². The molecule has 1 aromatic rings. The van der Waals surface area contributed by atoms with Gasteiger partial charge in [-0.2, -0.15) is 13.2 Å². The first-order valence-corrected chi connectivity index (χ1v) is 5.16. The Bertz CT molecular complexity index is 399. The molecule has 2 nitrogen and oxygen atoms in total.